The molecule has 0 spiro atoms. The fourth-order valence-electron chi connectivity index (χ4n) is 4.11. The first-order valence-corrected chi connectivity index (χ1v) is 10.7. The van der Waals surface area contributed by atoms with E-state index in [1.807, 2.05) is 39.0 Å². The number of carbonyl (C=O) groups is 2. The summed E-state index contributed by atoms with van der Waals surface area (Å²) < 4.78 is 16.7. The topological polar surface area (TPSA) is 73.9 Å². The first-order chi connectivity index (χ1) is 14.5. The van der Waals surface area contributed by atoms with Crippen LogP contribution in [0.2, 0.25) is 0 Å². The first-order valence-electron chi connectivity index (χ1n) is 10.7. The van der Waals surface area contributed by atoms with E-state index in [0.29, 0.717) is 42.3 Å². The number of carbonyl (C=O) groups excluding carboxylic acids is 2. The number of ether oxygens (including phenoxy) is 3. The van der Waals surface area contributed by atoms with E-state index in [0.717, 1.165) is 42.6 Å². The normalized spacial score (nSPS) is 18.7. The number of ketones is 1. The van der Waals surface area contributed by atoms with Crippen molar-refractivity contribution in [1.29, 1.82) is 0 Å². The van der Waals surface area contributed by atoms with Gasteiger partial charge in [0.15, 0.2) is 17.3 Å². The van der Waals surface area contributed by atoms with Gasteiger partial charge in [0.1, 0.15) is 0 Å². The number of rotatable bonds is 8. The number of unbranched alkanes of at least 4 members (excludes halogenated alkanes) is 1. The van der Waals surface area contributed by atoms with E-state index < -0.39 is 5.92 Å². The third-order valence-corrected chi connectivity index (χ3v) is 5.55. The third kappa shape index (κ3) is 4.37. The van der Waals surface area contributed by atoms with Crippen LogP contribution in [-0.4, -0.2) is 32.1 Å². The summed E-state index contributed by atoms with van der Waals surface area (Å²) in [5.74, 6) is 0.432. The SMILES string of the molecule is CCCCOC(=O)C1=C(C)NC2=C(C(=O)CCC2)[C@H]1c1ccc(OCC)c(OC)c1. The van der Waals surface area contributed by atoms with E-state index in [9.17, 15) is 9.59 Å². The van der Waals surface area contributed by atoms with Gasteiger partial charge in [-0.05, 0) is 50.8 Å². The molecule has 6 heteroatoms. The molecule has 6 nitrogen and oxygen atoms in total. The van der Waals surface area contributed by atoms with Crippen molar-refractivity contribution in [2.24, 2.45) is 0 Å². The lowest BCUT2D eigenvalue weighted by atomic mass is 9.75. The van der Waals surface area contributed by atoms with Crippen LogP contribution in [0.5, 0.6) is 11.5 Å². The van der Waals surface area contributed by atoms with Crippen LogP contribution in [0.3, 0.4) is 0 Å². The van der Waals surface area contributed by atoms with Crippen molar-refractivity contribution in [1.82, 2.24) is 5.32 Å². The monoisotopic (exact) mass is 413 g/mol. The molecule has 1 aromatic carbocycles. The Morgan fingerprint density at radius 2 is 2.00 bits per heavy atom. The number of allylic oxidation sites excluding steroid dienone is 3. The molecule has 0 radical (unpaired) electrons. The zero-order chi connectivity index (χ0) is 21.7. The summed E-state index contributed by atoms with van der Waals surface area (Å²) in [4.78, 5) is 26.0. The lowest BCUT2D eigenvalue weighted by Crippen LogP contribution is -2.34. The second-order valence-electron chi connectivity index (χ2n) is 7.60. The van der Waals surface area contributed by atoms with Crippen molar-refractivity contribution in [2.45, 2.75) is 58.8 Å². The molecule has 30 heavy (non-hydrogen) atoms. The summed E-state index contributed by atoms with van der Waals surface area (Å²) in [6.07, 6.45) is 3.84. The fourth-order valence-corrected chi connectivity index (χ4v) is 4.11. The number of Topliss-reactive ketones (excluding diaryl/α,β-unsaturated/α-hetero) is 1. The maximum Gasteiger partial charge on any atom is 0.336 e. The van der Waals surface area contributed by atoms with Gasteiger partial charge in [-0.15, -0.1) is 0 Å². The summed E-state index contributed by atoms with van der Waals surface area (Å²) in [7, 11) is 1.58. The third-order valence-electron chi connectivity index (χ3n) is 5.55. The molecule has 1 aliphatic carbocycles. The summed E-state index contributed by atoms with van der Waals surface area (Å²) in [6.45, 7) is 6.72. The molecule has 2 aliphatic rings. The highest BCUT2D eigenvalue weighted by Crippen LogP contribution is 2.44. The average molecular weight is 414 g/mol. The Labute approximate surface area is 178 Å². The Balaban J connectivity index is 2.08. The second-order valence-corrected chi connectivity index (χ2v) is 7.60. The highest BCUT2D eigenvalue weighted by atomic mass is 16.5. The Morgan fingerprint density at radius 3 is 2.70 bits per heavy atom. The molecule has 0 amide bonds. The van der Waals surface area contributed by atoms with E-state index in [1.54, 1.807) is 7.11 Å². The van der Waals surface area contributed by atoms with Crippen LogP contribution in [0.4, 0.5) is 0 Å². The number of hydrogen-bond acceptors (Lipinski definition) is 6. The van der Waals surface area contributed by atoms with Crippen molar-refractivity contribution in [2.75, 3.05) is 20.3 Å². The summed E-state index contributed by atoms with van der Waals surface area (Å²) in [6, 6.07) is 5.60. The first kappa shape index (κ1) is 21.9. The average Bonchev–Trinajstić information content (AvgIpc) is 2.73. The van der Waals surface area contributed by atoms with Gasteiger partial charge in [0.05, 0.1) is 25.9 Å². The van der Waals surface area contributed by atoms with Crippen molar-refractivity contribution in [3.05, 3.63) is 46.3 Å². The lowest BCUT2D eigenvalue weighted by Gasteiger charge is -2.34. The van der Waals surface area contributed by atoms with Gasteiger partial charge in [-0.25, -0.2) is 4.79 Å². The molecular formula is C24H31NO5. The van der Waals surface area contributed by atoms with Crippen molar-refractivity contribution in [3.8, 4) is 11.5 Å². The zero-order valence-corrected chi connectivity index (χ0v) is 18.3. The lowest BCUT2D eigenvalue weighted by molar-refractivity contribution is -0.139. The van der Waals surface area contributed by atoms with E-state index >= 15 is 0 Å². The zero-order valence-electron chi connectivity index (χ0n) is 18.3. The van der Waals surface area contributed by atoms with E-state index in [4.69, 9.17) is 14.2 Å². The Kier molecular flexibility index (Phi) is 7.19. The van der Waals surface area contributed by atoms with Crippen LogP contribution in [0, 0.1) is 0 Å². The standard InChI is InChI=1S/C24H31NO5/c1-5-7-13-30-24(27)21-15(3)25-17-9-8-10-18(26)23(17)22(21)16-11-12-19(29-6-2)20(14-16)28-4/h11-12,14,22,25H,5-10,13H2,1-4H3/t22-/m0/s1. The predicted molar refractivity (Wildman–Crippen MR) is 114 cm³/mol. The van der Waals surface area contributed by atoms with Gasteiger partial charge < -0.3 is 19.5 Å². The summed E-state index contributed by atoms with van der Waals surface area (Å²) in [5.41, 5.74) is 3.63. The maximum absolute atomic E-state index is 13.1. The Hall–Kier alpha value is -2.76. The molecule has 0 bridgehead atoms. The number of benzene rings is 1. The summed E-state index contributed by atoms with van der Waals surface area (Å²) in [5, 5.41) is 3.31. The van der Waals surface area contributed by atoms with Gasteiger partial charge in [-0.3, -0.25) is 4.79 Å². The predicted octanol–water partition coefficient (Wildman–Crippen LogP) is 4.41. The van der Waals surface area contributed by atoms with E-state index in [1.165, 1.54) is 0 Å². The highest BCUT2D eigenvalue weighted by Gasteiger charge is 2.39. The Bertz CT molecular complexity index is 884. The van der Waals surface area contributed by atoms with Gasteiger partial charge in [0.2, 0.25) is 0 Å². The van der Waals surface area contributed by atoms with E-state index in [-0.39, 0.29) is 11.8 Å². The number of esters is 1. The quantitative estimate of drug-likeness (QED) is 0.503. The van der Waals surface area contributed by atoms with Crippen LogP contribution in [0.15, 0.2) is 40.7 Å². The largest absolute Gasteiger partial charge is 0.493 e. The van der Waals surface area contributed by atoms with Crippen LogP contribution in [-0.2, 0) is 14.3 Å². The second kappa shape index (κ2) is 9.83. The molecule has 162 valence electrons. The van der Waals surface area contributed by atoms with Gasteiger partial charge in [-0.1, -0.05) is 19.4 Å². The van der Waals surface area contributed by atoms with Crippen molar-refractivity contribution in [3.63, 3.8) is 0 Å². The molecule has 0 fully saturated rings. The smallest absolute Gasteiger partial charge is 0.336 e. The molecule has 1 heterocycles. The molecule has 3 rings (SSSR count). The van der Waals surface area contributed by atoms with Crippen LogP contribution >= 0.6 is 0 Å². The van der Waals surface area contributed by atoms with Gasteiger partial charge in [0, 0.05) is 29.3 Å². The minimum absolute atomic E-state index is 0.0768. The van der Waals surface area contributed by atoms with Crippen LogP contribution in [0.25, 0.3) is 0 Å². The fraction of sp³-hybridized carbons (Fsp3) is 0.500. The van der Waals surface area contributed by atoms with Crippen LogP contribution in [0.1, 0.15) is 64.4 Å². The van der Waals surface area contributed by atoms with Gasteiger partial charge in [0.25, 0.3) is 0 Å². The highest BCUT2D eigenvalue weighted by molar-refractivity contribution is 6.03. The number of dihydropyridines is 1. The van der Waals surface area contributed by atoms with Crippen molar-refractivity contribution >= 4 is 11.8 Å². The van der Waals surface area contributed by atoms with E-state index in [2.05, 4.69) is 5.32 Å². The molecule has 0 aromatic heterocycles. The molecule has 1 atom stereocenters. The van der Waals surface area contributed by atoms with Gasteiger partial charge in [-0.2, -0.15) is 0 Å². The Morgan fingerprint density at radius 1 is 1.20 bits per heavy atom. The molecule has 0 saturated carbocycles. The molecule has 1 aromatic rings. The summed E-state index contributed by atoms with van der Waals surface area (Å²) >= 11 is 0. The minimum Gasteiger partial charge on any atom is -0.493 e. The molecule has 1 aliphatic heterocycles. The van der Waals surface area contributed by atoms with Gasteiger partial charge >= 0.3 is 5.97 Å². The maximum atomic E-state index is 13.1. The van der Waals surface area contributed by atoms with Crippen molar-refractivity contribution < 1.29 is 23.8 Å². The molecule has 0 unspecified atom stereocenters. The molecular weight excluding hydrogens is 382 g/mol. The number of methoxy groups -OCH3 is 1. The molecule has 1 N–H and O–H groups in total. The minimum atomic E-state index is -0.479. The van der Waals surface area contributed by atoms with Crippen LogP contribution < -0.4 is 14.8 Å². The molecule has 0 saturated heterocycles. The number of nitrogens with one attached hydrogen (secondary N) is 1. The number of hydrogen-bond donors (Lipinski definition) is 1.